The summed E-state index contributed by atoms with van der Waals surface area (Å²) in [5.41, 5.74) is -2.02. The molecule has 0 spiro atoms. The Hall–Kier alpha value is -2.72. The molecule has 26 heavy (non-hydrogen) atoms. The lowest BCUT2D eigenvalue weighted by Crippen LogP contribution is -2.41. The third kappa shape index (κ3) is 2.12. The summed E-state index contributed by atoms with van der Waals surface area (Å²) in [5.74, 6) is -6.99. The van der Waals surface area contributed by atoms with E-state index in [1.54, 1.807) is 27.7 Å². The van der Waals surface area contributed by atoms with Crippen molar-refractivity contribution in [2.75, 3.05) is 0 Å². The second-order valence-corrected chi connectivity index (χ2v) is 7.19. The van der Waals surface area contributed by atoms with Crippen LogP contribution in [0.4, 0.5) is 0 Å². The van der Waals surface area contributed by atoms with E-state index in [1.165, 1.54) is 0 Å². The van der Waals surface area contributed by atoms with Crippen LogP contribution in [0.2, 0.25) is 0 Å². The van der Waals surface area contributed by atoms with E-state index in [1.807, 2.05) is 0 Å². The summed E-state index contributed by atoms with van der Waals surface area (Å²) in [6.45, 7) is 6.92. The van der Waals surface area contributed by atoms with Gasteiger partial charge in [0.1, 0.15) is 0 Å². The fraction of sp³-hybridized carbons (Fsp3) is 0.375. The van der Waals surface area contributed by atoms with E-state index < -0.39 is 69.3 Å². The van der Waals surface area contributed by atoms with Gasteiger partial charge in [-0.3, -0.25) is 0 Å². The van der Waals surface area contributed by atoms with Crippen molar-refractivity contribution < 1.29 is 45.1 Å². The van der Waals surface area contributed by atoms with Gasteiger partial charge in [0.25, 0.3) is 0 Å². The number of hydrogen-bond donors (Lipinski definition) is 7. The molecule has 7 N–H and O–H groups in total. The largest absolute Gasteiger partial charge is 0.504 e. The molecule has 0 unspecified atom stereocenters. The molecule has 9 nitrogen and oxygen atoms in total. The third-order valence-electron chi connectivity index (χ3n) is 5.10. The van der Waals surface area contributed by atoms with E-state index in [-0.39, 0.29) is 5.46 Å². The predicted molar refractivity (Wildman–Crippen MR) is 91.3 cm³/mol. The minimum Gasteiger partial charge on any atom is -0.504 e. The summed E-state index contributed by atoms with van der Waals surface area (Å²) >= 11 is 0. The van der Waals surface area contributed by atoms with E-state index in [4.69, 9.17) is 9.31 Å². The molecule has 1 heterocycles. The van der Waals surface area contributed by atoms with E-state index in [0.717, 1.165) is 0 Å². The van der Waals surface area contributed by atoms with Crippen LogP contribution in [-0.2, 0) is 9.31 Å². The van der Waals surface area contributed by atoms with Crippen molar-refractivity contribution in [3.8, 4) is 40.2 Å². The highest BCUT2D eigenvalue weighted by Gasteiger charge is 2.53. The number of fused-ring (bicyclic) bond motifs is 1. The molecular formula is C16H19BO9. The maximum atomic E-state index is 10.3. The first kappa shape index (κ1) is 18.1. The first-order chi connectivity index (χ1) is 11.8. The van der Waals surface area contributed by atoms with Gasteiger partial charge >= 0.3 is 7.12 Å². The molecule has 1 fully saturated rings. The van der Waals surface area contributed by atoms with Crippen LogP contribution < -0.4 is 5.46 Å². The lowest BCUT2D eigenvalue weighted by atomic mass is 9.74. The van der Waals surface area contributed by atoms with Gasteiger partial charge in [0.05, 0.1) is 16.6 Å². The van der Waals surface area contributed by atoms with Crippen LogP contribution >= 0.6 is 0 Å². The molecule has 0 atom stereocenters. The molecule has 140 valence electrons. The van der Waals surface area contributed by atoms with E-state index >= 15 is 0 Å². The summed E-state index contributed by atoms with van der Waals surface area (Å²) in [6, 6.07) is 0. The third-order valence-corrected chi connectivity index (χ3v) is 5.10. The van der Waals surface area contributed by atoms with Gasteiger partial charge in [-0.25, -0.2) is 0 Å². The van der Waals surface area contributed by atoms with Gasteiger partial charge in [-0.15, -0.1) is 0 Å². The number of phenolic OH excluding ortho intramolecular Hbond substituents is 7. The van der Waals surface area contributed by atoms with E-state index in [2.05, 4.69) is 0 Å². The summed E-state index contributed by atoms with van der Waals surface area (Å²) in [6.07, 6.45) is 0. The second-order valence-electron chi connectivity index (χ2n) is 7.19. The van der Waals surface area contributed by atoms with Crippen molar-refractivity contribution in [2.24, 2.45) is 0 Å². The molecule has 2 aromatic rings. The quantitative estimate of drug-likeness (QED) is 0.223. The van der Waals surface area contributed by atoms with Crippen LogP contribution in [0.1, 0.15) is 27.7 Å². The smallest absolute Gasteiger partial charge is 0.499 e. The van der Waals surface area contributed by atoms with Crippen LogP contribution in [0.5, 0.6) is 40.2 Å². The van der Waals surface area contributed by atoms with Gasteiger partial charge in [0.15, 0.2) is 23.0 Å². The van der Waals surface area contributed by atoms with Crippen molar-refractivity contribution in [3.05, 3.63) is 0 Å². The Morgan fingerprint density at radius 1 is 0.538 bits per heavy atom. The van der Waals surface area contributed by atoms with Crippen LogP contribution in [0, 0.1) is 0 Å². The van der Waals surface area contributed by atoms with Gasteiger partial charge in [-0.05, 0) is 27.7 Å². The van der Waals surface area contributed by atoms with Crippen molar-refractivity contribution in [2.45, 2.75) is 38.9 Å². The average molecular weight is 366 g/mol. The fourth-order valence-electron chi connectivity index (χ4n) is 2.86. The highest BCUT2D eigenvalue weighted by molar-refractivity contribution is 6.67. The normalized spacial score (nSPS) is 18.5. The van der Waals surface area contributed by atoms with Crippen LogP contribution in [0.25, 0.3) is 10.8 Å². The monoisotopic (exact) mass is 366 g/mol. The minimum atomic E-state index is -1.32. The Balaban J connectivity index is 2.44. The molecular weight excluding hydrogens is 347 g/mol. The molecule has 0 radical (unpaired) electrons. The van der Waals surface area contributed by atoms with Gasteiger partial charge in [0.2, 0.25) is 17.2 Å². The Morgan fingerprint density at radius 2 is 0.885 bits per heavy atom. The summed E-state index contributed by atoms with van der Waals surface area (Å²) in [7, 11) is -1.32. The predicted octanol–water partition coefficient (Wildman–Crippen LogP) is 1.08. The number of aromatic hydroxyl groups is 7. The molecule has 10 heteroatoms. The Bertz CT molecular complexity index is 912. The molecule has 1 saturated heterocycles. The Labute approximate surface area is 148 Å². The SMILES string of the molecule is CC1(C)OB(c2c(O)c(O)c(O)c3c(O)c(O)c(O)c(O)c23)OC1(C)C. The molecule has 0 amide bonds. The van der Waals surface area contributed by atoms with E-state index in [9.17, 15) is 35.7 Å². The minimum absolute atomic E-state index is 0.322. The number of benzene rings is 2. The molecule has 3 rings (SSSR count). The van der Waals surface area contributed by atoms with Crippen LogP contribution in [0.15, 0.2) is 0 Å². The Morgan fingerprint density at radius 3 is 1.31 bits per heavy atom. The molecule has 0 bridgehead atoms. The molecule has 0 aliphatic carbocycles. The van der Waals surface area contributed by atoms with Gasteiger partial charge in [-0.2, -0.15) is 0 Å². The first-order valence-corrected chi connectivity index (χ1v) is 7.73. The number of rotatable bonds is 1. The highest BCUT2D eigenvalue weighted by Crippen LogP contribution is 2.55. The summed E-state index contributed by atoms with van der Waals surface area (Å²) in [4.78, 5) is 0. The van der Waals surface area contributed by atoms with Gasteiger partial charge < -0.3 is 45.1 Å². The van der Waals surface area contributed by atoms with Crippen LogP contribution in [-0.4, -0.2) is 54.1 Å². The maximum Gasteiger partial charge on any atom is 0.499 e. The molecule has 2 aromatic carbocycles. The fourth-order valence-corrected chi connectivity index (χ4v) is 2.86. The van der Waals surface area contributed by atoms with Crippen molar-refractivity contribution in [1.29, 1.82) is 0 Å². The van der Waals surface area contributed by atoms with Crippen molar-refractivity contribution >= 4 is 23.4 Å². The maximum absolute atomic E-state index is 10.3. The molecule has 1 aliphatic rings. The number of hydrogen-bond acceptors (Lipinski definition) is 9. The lowest BCUT2D eigenvalue weighted by molar-refractivity contribution is 0.00578. The molecule has 1 aliphatic heterocycles. The summed E-state index contributed by atoms with van der Waals surface area (Å²) in [5, 5.41) is 69.3. The zero-order valence-electron chi connectivity index (χ0n) is 14.5. The standard InChI is InChI=1S/C16H19BO9/c1-15(2)16(3,4)26-17(25-15)7-5-6(9(19)12(22)11(7)21)10(20)14(24)13(23)8(5)18/h18-24H,1-4H3. The lowest BCUT2D eigenvalue weighted by Gasteiger charge is -2.32. The molecule has 0 saturated carbocycles. The van der Waals surface area contributed by atoms with Crippen LogP contribution in [0.3, 0.4) is 0 Å². The zero-order chi connectivity index (χ0) is 19.8. The zero-order valence-corrected chi connectivity index (χ0v) is 14.5. The average Bonchev–Trinajstić information content (AvgIpc) is 2.75. The van der Waals surface area contributed by atoms with Gasteiger partial charge in [0, 0.05) is 10.8 Å². The topological polar surface area (TPSA) is 160 Å². The number of phenols is 7. The second kappa shape index (κ2) is 5.15. The van der Waals surface area contributed by atoms with Crippen molar-refractivity contribution in [3.63, 3.8) is 0 Å². The highest BCUT2D eigenvalue weighted by atomic mass is 16.7. The van der Waals surface area contributed by atoms with Crippen molar-refractivity contribution in [1.82, 2.24) is 0 Å². The van der Waals surface area contributed by atoms with Gasteiger partial charge in [-0.1, -0.05) is 0 Å². The first-order valence-electron chi connectivity index (χ1n) is 7.73. The van der Waals surface area contributed by atoms with E-state index in [0.29, 0.717) is 0 Å². The molecule has 0 aromatic heterocycles. The summed E-state index contributed by atoms with van der Waals surface area (Å²) < 4.78 is 11.6. The Kier molecular flexibility index (Phi) is 3.58.